The molecule has 0 aromatic carbocycles. The zero-order valence-electron chi connectivity index (χ0n) is 39.5. The number of unbranched alkanes of at least 4 members (excludes halogenated alkanes) is 16. The molecule has 1 aromatic heterocycles. The van der Waals surface area contributed by atoms with Crippen molar-refractivity contribution in [2.45, 2.75) is 240 Å². The molecule has 0 bridgehead atoms. The summed E-state index contributed by atoms with van der Waals surface area (Å²) in [5.41, 5.74) is 0. The molecular formula is C51H97N3O5. The minimum absolute atomic E-state index is 0.0321. The molecule has 0 saturated heterocycles. The highest BCUT2D eigenvalue weighted by atomic mass is 16.5. The van der Waals surface area contributed by atoms with Crippen molar-refractivity contribution in [1.29, 1.82) is 0 Å². The summed E-state index contributed by atoms with van der Waals surface area (Å²) in [6.07, 6.45) is 42.5. The van der Waals surface area contributed by atoms with Crippen LogP contribution in [0.25, 0.3) is 0 Å². The van der Waals surface area contributed by atoms with E-state index in [2.05, 4.69) is 42.1 Å². The molecule has 1 rings (SSSR count). The maximum absolute atomic E-state index is 12.6. The molecule has 8 nitrogen and oxygen atoms in total. The molecule has 1 aromatic rings. The average molecular weight is 832 g/mol. The number of hydrogen-bond donors (Lipinski definition) is 1. The van der Waals surface area contributed by atoms with Gasteiger partial charge in [0.05, 0.1) is 19.5 Å². The lowest BCUT2D eigenvalue weighted by molar-refractivity contribution is -0.145. The molecule has 0 amide bonds. The Morgan fingerprint density at radius 2 is 0.966 bits per heavy atom. The van der Waals surface area contributed by atoms with Gasteiger partial charge in [0.25, 0.3) is 0 Å². The monoisotopic (exact) mass is 832 g/mol. The molecule has 0 aliphatic carbocycles. The maximum atomic E-state index is 12.6. The second-order valence-corrected chi connectivity index (χ2v) is 18.1. The maximum Gasteiger partial charge on any atom is 0.305 e. The molecule has 8 heteroatoms. The quantitative estimate of drug-likeness (QED) is 0.0517. The molecule has 0 aliphatic heterocycles. The van der Waals surface area contributed by atoms with E-state index < -0.39 is 0 Å². The highest BCUT2D eigenvalue weighted by Gasteiger charge is 2.16. The van der Waals surface area contributed by atoms with Crippen LogP contribution in [0.1, 0.15) is 233 Å². The number of nitrogens with zero attached hydrogens (tertiary/aromatic N) is 3. The Balaban J connectivity index is 2.39. The second-order valence-electron chi connectivity index (χ2n) is 18.1. The van der Waals surface area contributed by atoms with Crippen LogP contribution in [0, 0.1) is 17.8 Å². The lowest BCUT2D eigenvalue weighted by Gasteiger charge is -2.27. The van der Waals surface area contributed by atoms with E-state index in [1.807, 2.05) is 18.7 Å². The van der Waals surface area contributed by atoms with Crippen molar-refractivity contribution < 1.29 is 24.2 Å². The fourth-order valence-electron chi connectivity index (χ4n) is 8.58. The number of carbonyl (C=O) groups excluding carboxylic acids is 2. The summed E-state index contributed by atoms with van der Waals surface area (Å²) in [5.74, 6) is 1.47. The largest absolute Gasteiger partial charge is 0.466 e. The first-order valence-corrected chi connectivity index (χ1v) is 25.6. The summed E-state index contributed by atoms with van der Waals surface area (Å²) in [6, 6.07) is 0. The van der Waals surface area contributed by atoms with Crippen LogP contribution in [0.4, 0.5) is 0 Å². The van der Waals surface area contributed by atoms with E-state index in [4.69, 9.17) is 9.47 Å². The fourth-order valence-corrected chi connectivity index (χ4v) is 8.58. The average Bonchev–Trinajstić information content (AvgIpc) is 3.76. The van der Waals surface area contributed by atoms with Crippen LogP contribution in [0.5, 0.6) is 0 Å². The molecular weight excluding hydrogens is 735 g/mol. The van der Waals surface area contributed by atoms with Crippen molar-refractivity contribution in [3.8, 4) is 0 Å². The fraction of sp³-hybridized carbons (Fsp3) is 0.902. The van der Waals surface area contributed by atoms with Crippen molar-refractivity contribution in [3.05, 3.63) is 18.7 Å². The van der Waals surface area contributed by atoms with Gasteiger partial charge in [0, 0.05) is 44.9 Å². The molecule has 3 unspecified atom stereocenters. The highest BCUT2D eigenvalue weighted by Crippen LogP contribution is 2.23. The summed E-state index contributed by atoms with van der Waals surface area (Å²) < 4.78 is 13.6. The molecule has 1 heterocycles. The summed E-state index contributed by atoms with van der Waals surface area (Å²) in [5, 5.41) is 10.3. The van der Waals surface area contributed by atoms with E-state index in [0.717, 1.165) is 90.4 Å². The minimum atomic E-state index is -0.0647. The van der Waals surface area contributed by atoms with Crippen LogP contribution < -0.4 is 0 Å². The molecule has 0 aliphatic rings. The molecule has 346 valence electrons. The Kier molecular flexibility index (Phi) is 38.7. The summed E-state index contributed by atoms with van der Waals surface area (Å²) in [7, 11) is 0. The number of aliphatic hydroxyl groups is 1. The van der Waals surface area contributed by atoms with Crippen LogP contribution in [-0.4, -0.2) is 71.0 Å². The Bertz CT molecular complexity index is 1040. The number of imidazole rings is 1. The van der Waals surface area contributed by atoms with Crippen molar-refractivity contribution >= 4 is 11.9 Å². The molecule has 3 atom stereocenters. The topological polar surface area (TPSA) is 93.9 Å². The van der Waals surface area contributed by atoms with Gasteiger partial charge in [-0.3, -0.25) is 9.59 Å². The van der Waals surface area contributed by atoms with Gasteiger partial charge in [-0.15, -0.1) is 0 Å². The Labute approximate surface area is 365 Å². The summed E-state index contributed by atoms with van der Waals surface area (Å²) in [4.78, 5) is 31.9. The predicted octanol–water partition coefficient (Wildman–Crippen LogP) is 13.7. The van der Waals surface area contributed by atoms with Gasteiger partial charge in [-0.25, -0.2) is 4.98 Å². The van der Waals surface area contributed by atoms with E-state index in [1.165, 1.54) is 128 Å². The van der Waals surface area contributed by atoms with Gasteiger partial charge in [0.1, 0.15) is 0 Å². The van der Waals surface area contributed by atoms with Crippen molar-refractivity contribution in [2.24, 2.45) is 17.8 Å². The van der Waals surface area contributed by atoms with E-state index in [0.29, 0.717) is 37.9 Å². The van der Waals surface area contributed by atoms with E-state index >= 15 is 0 Å². The van der Waals surface area contributed by atoms with Crippen LogP contribution in [0.15, 0.2) is 18.7 Å². The van der Waals surface area contributed by atoms with Crippen LogP contribution >= 0.6 is 0 Å². The SMILES string of the molecule is CCCCCCCC(CCCCC)CCOC(=O)CCCCCCN(CCCn1ccnc1)CC(CO)CCCCC(=O)OCCC(CCCCC)CCCCCCC. The molecule has 0 spiro atoms. The number of rotatable bonds is 45. The first-order chi connectivity index (χ1) is 28.9. The first kappa shape index (κ1) is 55.1. The predicted molar refractivity (Wildman–Crippen MR) is 249 cm³/mol. The molecule has 59 heavy (non-hydrogen) atoms. The smallest absolute Gasteiger partial charge is 0.305 e. The van der Waals surface area contributed by atoms with Gasteiger partial charge in [0.2, 0.25) is 0 Å². The van der Waals surface area contributed by atoms with Gasteiger partial charge < -0.3 is 24.0 Å². The number of aryl methyl sites for hydroxylation is 1. The lowest BCUT2D eigenvalue weighted by atomic mass is 9.92. The molecule has 0 fully saturated rings. The standard InChI is InChI=1S/C51H97N3O5/c1-5-9-13-15-21-30-47(28-19-11-7-3)35-42-58-50(56)33-23-17-18-26-38-53(39-27-40-54-41-37-52-46-54)44-49(45-55)32-24-25-34-51(57)59-43-36-48(29-20-12-8-4)31-22-16-14-10-6-2/h37,41,46-49,55H,5-36,38-40,42-45H2,1-4H3. The Hall–Kier alpha value is -1.93. The number of hydrogen-bond acceptors (Lipinski definition) is 7. The third-order valence-corrected chi connectivity index (χ3v) is 12.5. The van der Waals surface area contributed by atoms with Crippen LogP contribution in [0.3, 0.4) is 0 Å². The van der Waals surface area contributed by atoms with Crippen LogP contribution in [-0.2, 0) is 25.6 Å². The number of esters is 2. The van der Waals surface area contributed by atoms with Crippen molar-refractivity contribution in [3.63, 3.8) is 0 Å². The Morgan fingerprint density at radius 1 is 0.542 bits per heavy atom. The second kappa shape index (κ2) is 41.4. The molecule has 0 radical (unpaired) electrons. The van der Waals surface area contributed by atoms with Gasteiger partial charge in [-0.05, 0) is 75.8 Å². The van der Waals surface area contributed by atoms with Crippen molar-refractivity contribution in [2.75, 3.05) is 39.5 Å². The van der Waals surface area contributed by atoms with Gasteiger partial charge in [-0.1, -0.05) is 175 Å². The van der Waals surface area contributed by atoms with Crippen LogP contribution in [0.2, 0.25) is 0 Å². The summed E-state index contributed by atoms with van der Waals surface area (Å²) in [6.45, 7) is 14.1. The zero-order chi connectivity index (χ0) is 42.9. The van der Waals surface area contributed by atoms with Gasteiger partial charge in [-0.2, -0.15) is 0 Å². The minimum Gasteiger partial charge on any atom is -0.466 e. The number of carbonyl (C=O) groups is 2. The summed E-state index contributed by atoms with van der Waals surface area (Å²) >= 11 is 0. The lowest BCUT2D eigenvalue weighted by Crippen LogP contribution is -2.33. The third-order valence-electron chi connectivity index (χ3n) is 12.5. The van der Waals surface area contributed by atoms with E-state index in [9.17, 15) is 14.7 Å². The highest BCUT2D eigenvalue weighted by molar-refractivity contribution is 5.69. The van der Waals surface area contributed by atoms with E-state index in [-0.39, 0.29) is 24.5 Å². The normalized spacial score (nSPS) is 13.2. The number of ether oxygens (including phenoxy) is 2. The van der Waals surface area contributed by atoms with E-state index in [1.54, 1.807) is 0 Å². The number of aliphatic hydroxyl groups excluding tert-OH is 1. The molecule has 0 saturated carbocycles. The van der Waals surface area contributed by atoms with Gasteiger partial charge in [0.15, 0.2) is 0 Å². The molecule has 1 N–H and O–H groups in total. The van der Waals surface area contributed by atoms with Gasteiger partial charge >= 0.3 is 11.9 Å². The zero-order valence-corrected chi connectivity index (χ0v) is 39.5. The van der Waals surface area contributed by atoms with Crippen molar-refractivity contribution in [1.82, 2.24) is 14.5 Å². The number of aromatic nitrogens is 2. The third kappa shape index (κ3) is 34.4. The Morgan fingerprint density at radius 3 is 1.47 bits per heavy atom. The first-order valence-electron chi connectivity index (χ1n) is 25.6.